The molecule has 5 heteroatoms. The first-order chi connectivity index (χ1) is 9.00. The van der Waals surface area contributed by atoms with Crippen molar-refractivity contribution >= 4 is 21.8 Å². The lowest BCUT2D eigenvalue weighted by atomic mass is 10.2. The molecule has 0 bridgehead atoms. The summed E-state index contributed by atoms with van der Waals surface area (Å²) >= 11 is 3.26. The number of hydrogen-bond donors (Lipinski definition) is 1. The van der Waals surface area contributed by atoms with E-state index >= 15 is 0 Å². The highest BCUT2D eigenvalue weighted by molar-refractivity contribution is 9.10. The molecule has 0 aliphatic carbocycles. The summed E-state index contributed by atoms with van der Waals surface area (Å²) in [6.45, 7) is 6.11. The molecule has 1 N–H and O–H groups in total. The smallest absolute Gasteiger partial charge is 0.269 e. The van der Waals surface area contributed by atoms with Gasteiger partial charge < -0.3 is 10.2 Å². The first kappa shape index (κ1) is 16.1. The van der Waals surface area contributed by atoms with E-state index in [1.54, 1.807) is 12.1 Å². The van der Waals surface area contributed by atoms with Gasteiger partial charge in [0.2, 0.25) is 0 Å². The predicted octanol–water partition coefficient (Wildman–Crippen LogP) is 2.69. The van der Waals surface area contributed by atoms with Crippen molar-refractivity contribution in [3.63, 3.8) is 0 Å². The van der Waals surface area contributed by atoms with Crippen LogP contribution < -0.4 is 5.32 Å². The van der Waals surface area contributed by atoms with E-state index in [2.05, 4.69) is 52.0 Å². The molecule has 19 heavy (non-hydrogen) atoms. The molecule has 0 aliphatic rings. The van der Waals surface area contributed by atoms with Crippen LogP contribution in [0.4, 0.5) is 0 Å². The second-order valence-electron chi connectivity index (χ2n) is 4.88. The number of unbranched alkanes of at least 4 members (excludes halogenated alkanes) is 1. The Morgan fingerprint density at radius 1 is 1.42 bits per heavy atom. The summed E-state index contributed by atoms with van der Waals surface area (Å²) in [4.78, 5) is 18.2. The first-order valence-corrected chi connectivity index (χ1v) is 7.41. The summed E-state index contributed by atoms with van der Waals surface area (Å²) in [5.74, 6) is -0.112. The number of nitrogens with zero attached hydrogens (tertiary/aromatic N) is 2. The van der Waals surface area contributed by atoms with Gasteiger partial charge in [0.05, 0.1) is 0 Å². The molecule has 4 nitrogen and oxygen atoms in total. The lowest BCUT2D eigenvalue weighted by Gasteiger charge is -2.20. The Bertz CT molecular complexity index is 409. The van der Waals surface area contributed by atoms with Gasteiger partial charge in [0.15, 0.2) is 0 Å². The minimum Gasteiger partial charge on any atom is -0.351 e. The Kier molecular flexibility index (Phi) is 7.02. The normalized spacial score (nSPS) is 11.1. The minimum absolute atomic E-state index is 0.112. The molecule has 0 aromatic carbocycles. The van der Waals surface area contributed by atoms with Crippen molar-refractivity contribution in [1.29, 1.82) is 0 Å². The van der Waals surface area contributed by atoms with Crippen LogP contribution in [-0.2, 0) is 0 Å². The number of rotatable bonds is 7. The summed E-state index contributed by atoms with van der Waals surface area (Å²) in [6, 6.07) is 5.90. The topological polar surface area (TPSA) is 45.2 Å². The average Bonchev–Trinajstić information content (AvgIpc) is 2.37. The van der Waals surface area contributed by atoms with E-state index in [9.17, 15) is 4.79 Å². The van der Waals surface area contributed by atoms with Crippen LogP contribution >= 0.6 is 15.9 Å². The highest BCUT2D eigenvalue weighted by atomic mass is 79.9. The second-order valence-corrected chi connectivity index (χ2v) is 5.70. The monoisotopic (exact) mass is 327 g/mol. The van der Waals surface area contributed by atoms with E-state index in [0.29, 0.717) is 22.9 Å². The van der Waals surface area contributed by atoms with E-state index in [-0.39, 0.29) is 5.91 Å². The summed E-state index contributed by atoms with van der Waals surface area (Å²) in [6.07, 6.45) is 2.07. The Balaban J connectivity index is 2.21. The number of aromatic nitrogens is 1. The lowest BCUT2D eigenvalue weighted by molar-refractivity contribution is 0.0947. The van der Waals surface area contributed by atoms with E-state index in [0.717, 1.165) is 19.4 Å². The number of nitrogens with one attached hydrogen (secondary N) is 1. The third-order valence-corrected chi connectivity index (χ3v) is 3.49. The first-order valence-electron chi connectivity index (χ1n) is 6.61. The van der Waals surface area contributed by atoms with Crippen LogP contribution in [0.15, 0.2) is 22.8 Å². The van der Waals surface area contributed by atoms with E-state index in [1.165, 1.54) is 0 Å². The standard InChI is InChI=1S/C14H22BrN3O/c1-11(2)18(3)10-5-4-9-16-14(19)12-7-6-8-13(15)17-12/h6-8,11H,4-5,9-10H2,1-3H3,(H,16,19). The highest BCUT2D eigenvalue weighted by Crippen LogP contribution is 2.06. The summed E-state index contributed by atoms with van der Waals surface area (Å²) in [7, 11) is 2.12. The van der Waals surface area contributed by atoms with Gasteiger partial charge in [0.1, 0.15) is 10.3 Å². The second kappa shape index (κ2) is 8.27. The van der Waals surface area contributed by atoms with Crippen LogP contribution in [0.25, 0.3) is 0 Å². The molecule has 106 valence electrons. The maximum Gasteiger partial charge on any atom is 0.269 e. The largest absolute Gasteiger partial charge is 0.351 e. The molecule has 0 unspecified atom stereocenters. The molecule has 0 fully saturated rings. The zero-order valence-electron chi connectivity index (χ0n) is 11.8. The minimum atomic E-state index is -0.112. The number of carbonyl (C=O) groups excluding carboxylic acids is 1. The van der Waals surface area contributed by atoms with Gasteiger partial charge in [-0.2, -0.15) is 0 Å². The van der Waals surface area contributed by atoms with Crippen LogP contribution in [0.1, 0.15) is 37.2 Å². The van der Waals surface area contributed by atoms with Crippen molar-refractivity contribution in [3.05, 3.63) is 28.5 Å². The fraction of sp³-hybridized carbons (Fsp3) is 0.571. The molecular weight excluding hydrogens is 306 g/mol. The molecule has 1 amide bonds. The summed E-state index contributed by atoms with van der Waals surface area (Å²) < 4.78 is 0.679. The summed E-state index contributed by atoms with van der Waals surface area (Å²) in [5.41, 5.74) is 0.452. The van der Waals surface area contributed by atoms with E-state index in [1.807, 2.05) is 6.07 Å². The Hall–Kier alpha value is -0.940. The zero-order chi connectivity index (χ0) is 14.3. The molecular formula is C14H22BrN3O. The maximum atomic E-state index is 11.8. The number of halogens is 1. The SMILES string of the molecule is CC(C)N(C)CCCCNC(=O)c1cccc(Br)n1. The Morgan fingerprint density at radius 3 is 2.79 bits per heavy atom. The molecule has 1 rings (SSSR count). The van der Waals surface area contributed by atoms with Crippen molar-refractivity contribution in [2.24, 2.45) is 0 Å². The number of pyridine rings is 1. The molecule has 0 spiro atoms. The van der Waals surface area contributed by atoms with Gasteiger partial charge in [-0.15, -0.1) is 0 Å². The molecule has 0 saturated heterocycles. The van der Waals surface area contributed by atoms with Crippen molar-refractivity contribution in [3.8, 4) is 0 Å². The van der Waals surface area contributed by atoms with Gasteiger partial charge in [-0.05, 0) is 68.3 Å². The predicted molar refractivity (Wildman–Crippen MR) is 81.3 cm³/mol. The zero-order valence-corrected chi connectivity index (χ0v) is 13.4. The van der Waals surface area contributed by atoms with Crippen LogP contribution in [0.2, 0.25) is 0 Å². The van der Waals surface area contributed by atoms with Crippen molar-refractivity contribution in [2.45, 2.75) is 32.7 Å². The van der Waals surface area contributed by atoms with Gasteiger partial charge in [0, 0.05) is 12.6 Å². The van der Waals surface area contributed by atoms with Crippen LogP contribution in [0.3, 0.4) is 0 Å². The van der Waals surface area contributed by atoms with Crippen molar-refractivity contribution in [1.82, 2.24) is 15.2 Å². The van der Waals surface area contributed by atoms with Gasteiger partial charge in [-0.25, -0.2) is 4.98 Å². The van der Waals surface area contributed by atoms with Gasteiger partial charge >= 0.3 is 0 Å². The molecule has 0 radical (unpaired) electrons. The van der Waals surface area contributed by atoms with E-state index in [4.69, 9.17) is 0 Å². The maximum absolute atomic E-state index is 11.8. The fourth-order valence-electron chi connectivity index (χ4n) is 1.57. The summed E-state index contributed by atoms with van der Waals surface area (Å²) in [5, 5.41) is 2.89. The van der Waals surface area contributed by atoms with Crippen molar-refractivity contribution < 1.29 is 4.79 Å². The average molecular weight is 328 g/mol. The number of hydrogen-bond acceptors (Lipinski definition) is 3. The molecule has 1 heterocycles. The fourth-order valence-corrected chi connectivity index (χ4v) is 1.92. The third kappa shape index (κ3) is 6.16. The number of amides is 1. The molecule has 0 atom stereocenters. The lowest BCUT2D eigenvalue weighted by Crippen LogP contribution is -2.29. The molecule has 1 aromatic rings. The van der Waals surface area contributed by atoms with Crippen molar-refractivity contribution in [2.75, 3.05) is 20.1 Å². The molecule has 0 aliphatic heterocycles. The molecule has 1 aromatic heterocycles. The van der Waals surface area contributed by atoms with Crippen LogP contribution in [0, 0.1) is 0 Å². The van der Waals surface area contributed by atoms with E-state index < -0.39 is 0 Å². The Morgan fingerprint density at radius 2 is 2.16 bits per heavy atom. The van der Waals surface area contributed by atoms with Crippen LogP contribution in [0.5, 0.6) is 0 Å². The van der Waals surface area contributed by atoms with Crippen LogP contribution in [-0.4, -0.2) is 42.0 Å². The van der Waals surface area contributed by atoms with Gasteiger partial charge in [-0.3, -0.25) is 4.79 Å². The highest BCUT2D eigenvalue weighted by Gasteiger charge is 2.07. The Labute approximate surface area is 123 Å². The quantitative estimate of drug-likeness (QED) is 0.618. The number of carbonyl (C=O) groups is 1. The van der Waals surface area contributed by atoms with Gasteiger partial charge in [0.25, 0.3) is 5.91 Å². The third-order valence-electron chi connectivity index (χ3n) is 3.05. The molecule has 0 saturated carbocycles. The van der Waals surface area contributed by atoms with Gasteiger partial charge in [-0.1, -0.05) is 6.07 Å².